The van der Waals surface area contributed by atoms with Gasteiger partial charge in [-0.1, -0.05) is 72.8 Å². The zero-order chi connectivity index (χ0) is 23.8. The van der Waals surface area contributed by atoms with Crippen molar-refractivity contribution in [3.8, 4) is 0 Å². The molecule has 168 valence electrons. The van der Waals surface area contributed by atoms with E-state index < -0.39 is 29.8 Å². The first-order valence-electron chi connectivity index (χ1n) is 10.3. The Labute approximate surface area is 191 Å². The second-order valence-electron chi connectivity index (χ2n) is 7.46. The maximum atomic E-state index is 13.2. The summed E-state index contributed by atoms with van der Waals surface area (Å²) in [6, 6.07) is 22.1. The Morgan fingerprint density at radius 2 is 1.39 bits per heavy atom. The zero-order valence-electron chi connectivity index (χ0n) is 17.8. The lowest BCUT2D eigenvalue weighted by atomic mass is 10.0. The van der Waals surface area contributed by atoms with Gasteiger partial charge in [-0.25, -0.2) is 0 Å². The highest BCUT2D eigenvalue weighted by molar-refractivity contribution is 6.01. The molecule has 0 aliphatic heterocycles. The predicted octanol–water partition coefficient (Wildman–Crippen LogP) is 1.65. The Balaban J connectivity index is 1.83. The molecule has 0 bridgehead atoms. The van der Waals surface area contributed by atoms with Gasteiger partial charge in [-0.05, 0) is 23.3 Å². The molecule has 3 aromatic carbocycles. The van der Waals surface area contributed by atoms with Gasteiger partial charge in [0.05, 0.1) is 0 Å². The number of amides is 3. The van der Waals surface area contributed by atoms with Crippen LogP contribution in [-0.4, -0.2) is 29.6 Å². The number of nitrogens with two attached hydrogens (primary N) is 2. The quantitative estimate of drug-likeness (QED) is 0.252. The molecule has 8 nitrogen and oxygen atoms in total. The Kier molecular flexibility index (Phi) is 7.54. The van der Waals surface area contributed by atoms with Gasteiger partial charge < -0.3 is 22.1 Å². The Bertz CT molecular complexity index is 1150. The van der Waals surface area contributed by atoms with Gasteiger partial charge in [0, 0.05) is 17.5 Å². The van der Waals surface area contributed by atoms with Gasteiger partial charge in [-0.2, -0.15) is 0 Å². The molecule has 0 fully saturated rings. The van der Waals surface area contributed by atoms with E-state index in [-0.39, 0.29) is 17.8 Å². The maximum absolute atomic E-state index is 13.2. The van der Waals surface area contributed by atoms with Crippen LogP contribution >= 0.6 is 0 Å². The lowest BCUT2D eigenvalue weighted by molar-refractivity contribution is -0.128. The summed E-state index contributed by atoms with van der Waals surface area (Å²) in [5.41, 5.74) is 13.1. The summed E-state index contributed by atoms with van der Waals surface area (Å²) in [5.74, 6) is -1.95. The number of benzene rings is 3. The van der Waals surface area contributed by atoms with Gasteiger partial charge in [0.2, 0.25) is 11.8 Å². The third-order valence-corrected chi connectivity index (χ3v) is 5.05. The Morgan fingerprint density at radius 3 is 2.00 bits per heavy atom. The van der Waals surface area contributed by atoms with E-state index in [9.17, 15) is 14.4 Å². The molecule has 0 heterocycles. The van der Waals surface area contributed by atoms with Gasteiger partial charge in [-0.3, -0.25) is 19.8 Å². The zero-order valence-corrected chi connectivity index (χ0v) is 17.8. The predicted molar refractivity (Wildman–Crippen MR) is 125 cm³/mol. The van der Waals surface area contributed by atoms with Crippen LogP contribution in [-0.2, 0) is 16.0 Å². The molecule has 0 saturated heterocycles. The number of hydrogen-bond acceptors (Lipinski definition) is 4. The molecular weight excluding hydrogens is 418 g/mol. The molecule has 0 aliphatic carbocycles. The van der Waals surface area contributed by atoms with Crippen molar-refractivity contribution >= 4 is 23.6 Å². The topological polar surface area (TPSA) is 151 Å². The highest BCUT2D eigenvalue weighted by Gasteiger charge is 2.27. The second-order valence-corrected chi connectivity index (χ2v) is 7.46. The van der Waals surface area contributed by atoms with Crippen LogP contribution in [0.1, 0.15) is 33.1 Å². The van der Waals surface area contributed by atoms with E-state index in [1.165, 1.54) is 6.07 Å². The highest BCUT2D eigenvalue weighted by Crippen LogP contribution is 2.16. The van der Waals surface area contributed by atoms with Crippen LogP contribution in [0.15, 0.2) is 84.9 Å². The Hall–Kier alpha value is -4.46. The highest BCUT2D eigenvalue weighted by atomic mass is 16.2. The molecule has 3 rings (SSSR count). The molecule has 0 unspecified atom stereocenters. The van der Waals surface area contributed by atoms with Crippen LogP contribution in [0.2, 0.25) is 0 Å². The van der Waals surface area contributed by atoms with E-state index >= 15 is 0 Å². The molecule has 3 amide bonds. The maximum Gasteiger partial charge on any atom is 0.252 e. The molecule has 0 spiro atoms. The van der Waals surface area contributed by atoms with Crippen molar-refractivity contribution in [1.82, 2.24) is 10.6 Å². The van der Waals surface area contributed by atoms with Crippen molar-refractivity contribution in [3.63, 3.8) is 0 Å². The third-order valence-electron chi connectivity index (χ3n) is 5.05. The van der Waals surface area contributed by atoms with E-state index in [0.717, 1.165) is 5.56 Å². The van der Waals surface area contributed by atoms with E-state index in [0.29, 0.717) is 11.1 Å². The van der Waals surface area contributed by atoms with Crippen molar-refractivity contribution < 1.29 is 14.4 Å². The first-order valence-corrected chi connectivity index (χ1v) is 10.3. The minimum absolute atomic E-state index is 0.174. The van der Waals surface area contributed by atoms with Crippen molar-refractivity contribution in [2.75, 3.05) is 0 Å². The normalized spacial score (nSPS) is 12.2. The molecule has 8 heteroatoms. The van der Waals surface area contributed by atoms with Crippen LogP contribution < -0.4 is 22.1 Å². The molecule has 0 radical (unpaired) electrons. The number of carbonyl (C=O) groups is 3. The number of rotatable bonds is 9. The molecule has 0 saturated carbocycles. The average Bonchev–Trinajstić information content (AvgIpc) is 2.83. The summed E-state index contributed by atoms with van der Waals surface area (Å²) in [6.07, 6.45) is 0.220. The number of amidine groups is 1. The van der Waals surface area contributed by atoms with Gasteiger partial charge in [0.1, 0.15) is 17.9 Å². The standard InChI is InChI=1S/C25H25N5O3/c26-22(27)18-12-7-13-19(15-18)24(32)30-21(17-10-5-2-6-11-17)25(33)29-20(23(28)31)14-16-8-3-1-4-9-16/h1-13,15,20-21H,14H2,(H3,26,27)(H2,28,31)(H,29,33)(H,30,32)/t20-,21-/m1/s1. The number of carbonyl (C=O) groups excluding carboxylic acids is 3. The van der Waals surface area contributed by atoms with Crippen LogP contribution in [0.25, 0.3) is 0 Å². The van der Waals surface area contributed by atoms with E-state index in [4.69, 9.17) is 16.9 Å². The van der Waals surface area contributed by atoms with Gasteiger partial charge >= 0.3 is 0 Å². The summed E-state index contributed by atoms with van der Waals surface area (Å²) in [6.45, 7) is 0. The van der Waals surface area contributed by atoms with Crippen LogP contribution in [0.5, 0.6) is 0 Å². The lowest BCUT2D eigenvalue weighted by Crippen LogP contribution is -2.50. The summed E-state index contributed by atoms with van der Waals surface area (Å²) < 4.78 is 0. The van der Waals surface area contributed by atoms with Crippen LogP contribution in [0.3, 0.4) is 0 Å². The number of primary amides is 1. The summed E-state index contributed by atoms with van der Waals surface area (Å²) in [7, 11) is 0. The van der Waals surface area contributed by atoms with E-state index in [2.05, 4.69) is 10.6 Å². The molecule has 33 heavy (non-hydrogen) atoms. The minimum Gasteiger partial charge on any atom is -0.384 e. The first kappa shape index (κ1) is 23.2. The summed E-state index contributed by atoms with van der Waals surface area (Å²) in [5, 5.41) is 12.9. The SMILES string of the molecule is N=C(N)c1cccc(C(=O)N[C@@H](C(=O)N[C@H](Cc2ccccc2)C(N)=O)c2ccccc2)c1. The smallest absolute Gasteiger partial charge is 0.252 e. The number of nitrogen functional groups attached to an aromatic ring is 1. The largest absolute Gasteiger partial charge is 0.384 e. The molecule has 3 aromatic rings. The van der Waals surface area contributed by atoms with Crippen molar-refractivity contribution in [1.29, 1.82) is 5.41 Å². The van der Waals surface area contributed by atoms with Crippen molar-refractivity contribution in [2.24, 2.45) is 11.5 Å². The minimum atomic E-state index is -1.07. The molecule has 7 N–H and O–H groups in total. The molecule has 2 atom stereocenters. The summed E-state index contributed by atoms with van der Waals surface area (Å²) in [4.78, 5) is 38.2. The fourth-order valence-electron chi connectivity index (χ4n) is 3.32. The van der Waals surface area contributed by atoms with E-state index in [1.807, 2.05) is 30.3 Å². The molecule has 0 aromatic heterocycles. The van der Waals surface area contributed by atoms with Gasteiger partial charge in [-0.15, -0.1) is 0 Å². The Morgan fingerprint density at radius 1 is 0.788 bits per heavy atom. The van der Waals surface area contributed by atoms with E-state index in [1.54, 1.807) is 48.5 Å². The van der Waals surface area contributed by atoms with Crippen molar-refractivity contribution in [2.45, 2.75) is 18.5 Å². The number of hydrogen-bond donors (Lipinski definition) is 5. The fraction of sp³-hybridized carbons (Fsp3) is 0.120. The van der Waals surface area contributed by atoms with Crippen LogP contribution in [0, 0.1) is 5.41 Å². The van der Waals surface area contributed by atoms with Crippen LogP contribution in [0.4, 0.5) is 0 Å². The van der Waals surface area contributed by atoms with Gasteiger partial charge in [0.25, 0.3) is 5.91 Å². The monoisotopic (exact) mass is 443 g/mol. The summed E-state index contributed by atoms with van der Waals surface area (Å²) >= 11 is 0. The molecule has 0 aliphatic rings. The lowest BCUT2D eigenvalue weighted by Gasteiger charge is -2.22. The van der Waals surface area contributed by atoms with Crippen molar-refractivity contribution in [3.05, 3.63) is 107 Å². The number of nitrogens with one attached hydrogen (secondary N) is 3. The van der Waals surface area contributed by atoms with Gasteiger partial charge in [0.15, 0.2) is 0 Å². The molecular formula is C25H25N5O3. The second kappa shape index (κ2) is 10.7. The third kappa shape index (κ3) is 6.27. The first-order chi connectivity index (χ1) is 15.8. The fourth-order valence-corrected chi connectivity index (χ4v) is 3.32. The average molecular weight is 444 g/mol.